The maximum absolute atomic E-state index is 12.9. The maximum atomic E-state index is 12.9. The van der Waals surface area contributed by atoms with Gasteiger partial charge in [-0.05, 0) is 18.8 Å². The zero-order valence-corrected chi connectivity index (χ0v) is 12.9. The summed E-state index contributed by atoms with van der Waals surface area (Å²) in [4.78, 5) is 24.2. The Morgan fingerprint density at radius 3 is 1.71 bits per heavy atom. The lowest BCUT2D eigenvalue weighted by Gasteiger charge is -2.33. The molecule has 0 bridgehead atoms. The summed E-state index contributed by atoms with van der Waals surface area (Å²) >= 11 is 0. The van der Waals surface area contributed by atoms with E-state index in [0.29, 0.717) is 6.92 Å². The summed E-state index contributed by atoms with van der Waals surface area (Å²) in [5.74, 6) is -2.04. The smallest absolute Gasteiger partial charge is 0.422 e. The van der Waals surface area contributed by atoms with Crippen LogP contribution >= 0.6 is 0 Å². The Morgan fingerprint density at radius 1 is 1.10 bits per heavy atom. The van der Waals surface area contributed by atoms with Gasteiger partial charge in [0.15, 0.2) is 0 Å². The molecule has 1 atom stereocenters. The van der Waals surface area contributed by atoms with Gasteiger partial charge in [0.1, 0.15) is 0 Å². The number of alkyl halides is 3. The fraction of sp³-hybridized carbons (Fsp3) is 0.846. The van der Waals surface area contributed by atoms with Crippen molar-refractivity contribution in [1.29, 1.82) is 0 Å². The number of hydrogen-bond acceptors (Lipinski definition) is 2. The minimum atomic E-state index is -5.09. The number of carboxylic acids is 1. The lowest BCUT2D eigenvalue weighted by Crippen LogP contribution is -2.64. The number of nitrogens with zero attached hydrogens (tertiary/aromatic N) is 1. The van der Waals surface area contributed by atoms with Crippen LogP contribution in [-0.4, -0.2) is 46.8 Å². The van der Waals surface area contributed by atoms with Crippen molar-refractivity contribution in [2.24, 2.45) is 11.8 Å². The van der Waals surface area contributed by atoms with Gasteiger partial charge in [-0.15, -0.1) is 0 Å². The minimum Gasteiger partial charge on any atom is -0.479 e. The van der Waals surface area contributed by atoms with E-state index in [4.69, 9.17) is 5.11 Å². The molecule has 0 aromatic carbocycles. The molecule has 21 heavy (non-hydrogen) atoms. The number of rotatable bonds is 6. The summed E-state index contributed by atoms with van der Waals surface area (Å²) in [6.07, 6.45) is -5.09. The van der Waals surface area contributed by atoms with Gasteiger partial charge in [-0.1, -0.05) is 27.7 Å². The fourth-order valence-electron chi connectivity index (χ4n) is 1.66. The highest BCUT2D eigenvalue weighted by Crippen LogP contribution is 2.30. The van der Waals surface area contributed by atoms with Crippen LogP contribution in [0, 0.1) is 11.8 Å². The van der Waals surface area contributed by atoms with Crippen molar-refractivity contribution in [2.45, 2.75) is 46.3 Å². The summed E-state index contributed by atoms with van der Waals surface area (Å²) in [6, 6.07) is -1.03. The van der Waals surface area contributed by atoms with Crippen molar-refractivity contribution < 1.29 is 27.9 Å². The zero-order chi connectivity index (χ0) is 17.0. The topological polar surface area (TPSA) is 69.6 Å². The number of carbonyl (C=O) groups excluding carboxylic acids is 1. The first-order valence-electron chi connectivity index (χ1n) is 6.68. The van der Waals surface area contributed by atoms with Gasteiger partial charge in [-0.25, -0.2) is 9.59 Å². The molecule has 0 fully saturated rings. The van der Waals surface area contributed by atoms with E-state index in [1.165, 1.54) is 4.90 Å². The highest BCUT2D eigenvalue weighted by atomic mass is 19.4. The van der Waals surface area contributed by atoms with Gasteiger partial charge < -0.3 is 15.3 Å². The van der Waals surface area contributed by atoms with Gasteiger partial charge in [0.05, 0.1) is 0 Å². The van der Waals surface area contributed by atoms with Crippen molar-refractivity contribution in [3.63, 3.8) is 0 Å². The fourth-order valence-corrected chi connectivity index (χ4v) is 1.66. The molecular weight excluding hydrogens is 289 g/mol. The van der Waals surface area contributed by atoms with Gasteiger partial charge in [-0.2, -0.15) is 13.2 Å². The van der Waals surface area contributed by atoms with E-state index in [-0.39, 0.29) is 24.9 Å². The molecule has 0 aromatic rings. The van der Waals surface area contributed by atoms with Gasteiger partial charge >= 0.3 is 18.2 Å². The number of carboxylic acid groups (broad SMARTS) is 1. The SMILES string of the molecule is CC(C)CN(CC(C)C)C(=O)NC(C)(C(=O)O)C(F)(F)F. The Bertz CT molecular complexity index is 373. The molecule has 8 heteroatoms. The first-order valence-corrected chi connectivity index (χ1v) is 6.68. The van der Waals surface area contributed by atoms with Crippen LogP contribution in [0.5, 0.6) is 0 Å². The second kappa shape index (κ2) is 7.00. The van der Waals surface area contributed by atoms with Crippen molar-refractivity contribution in [2.75, 3.05) is 13.1 Å². The largest absolute Gasteiger partial charge is 0.479 e. The minimum absolute atomic E-state index is 0.0523. The van der Waals surface area contributed by atoms with Crippen LogP contribution in [0.1, 0.15) is 34.6 Å². The molecule has 2 amide bonds. The third-order valence-electron chi connectivity index (χ3n) is 2.81. The molecule has 0 aliphatic heterocycles. The van der Waals surface area contributed by atoms with E-state index >= 15 is 0 Å². The Morgan fingerprint density at radius 2 is 1.48 bits per heavy atom. The van der Waals surface area contributed by atoms with Crippen LogP contribution in [0.15, 0.2) is 0 Å². The van der Waals surface area contributed by atoms with Crippen LogP contribution in [-0.2, 0) is 4.79 Å². The van der Waals surface area contributed by atoms with Crippen molar-refractivity contribution >= 4 is 12.0 Å². The highest BCUT2D eigenvalue weighted by Gasteiger charge is 2.58. The lowest BCUT2D eigenvalue weighted by molar-refractivity contribution is -0.203. The van der Waals surface area contributed by atoms with Gasteiger partial charge in [0.2, 0.25) is 5.54 Å². The van der Waals surface area contributed by atoms with E-state index in [0.717, 1.165) is 0 Å². The Labute approximate surface area is 122 Å². The average Bonchev–Trinajstić information content (AvgIpc) is 2.24. The number of carbonyl (C=O) groups is 2. The molecular formula is C13H23F3N2O3. The summed E-state index contributed by atoms with van der Waals surface area (Å²) in [5, 5.41) is 10.4. The second-order valence-electron chi connectivity index (χ2n) is 6.05. The molecule has 0 rings (SSSR count). The molecule has 124 valence electrons. The quantitative estimate of drug-likeness (QED) is 0.792. The van der Waals surface area contributed by atoms with E-state index in [9.17, 15) is 22.8 Å². The van der Waals surface area contributed by atoms with Gasteiger partial charge in [0.25, 0.3) is 0 Å². The lowest BCUT2D eigenvalue weighted by atomic mass is 10.0. The zero-order valence-electron chi connectivity index (χ0n) is 12.9. The molecule has 0 radical (unpaired) electrons. The number of nitrogens with one attached hydrogen (secondary N) is 1. The molecule has 0 spiro atoms. The number of halogens is 3. The van der Waals surface area contributed by atoms with E-state index < -0.39 is 23.7 Å². The van der Waals surface area contributed by atoms with E-state index in [2.05, 4.69) is 0 Å². The Hall–Kier alpha value is -1.47. The number of urea groups is 1. The molecule has 0 aromatic heterocycles. The summed E-state index contributed by atoms with van der Waals surface area (Å²) in [6.45, 7) is 8.22. The summed E-state index contributed by atoms with van der Waals surface area (Å²) < 4.78 is 38.7. The van der Waals surface area contributed by atoms with Crippen LogP contribution in [0.2, 0.25) is 0 Å². The van der Waals surface area contributed by atoms with Crippen molar-refractivity contribution in [3.8, 4) is 0 Å². The number of hydrogen-bond donors (Lipinski definition) is 2. The molecule has 0 heterocycles. The molecule has 0 saturated carbocycles. The molecule has 5 nitrogen and oxygen atoms in total. The van der Waals surface area contributed by atoms with Gasteiger partial charge in [-0.3, -0.25) is 0 Å². The van der Waals surface area contributed by atoms with Crippen LogP contribution in [0.3, 0.4) is 0 Å². The summed E-state index contributed by atoms with van der Waals surface area (Å²) in [5.41, 5.74) is -3.31. The molecule has 0 aliphatic rings. The molecule has 2 N–H and O–H groups in total. The van der Waals surface area contributed by atoms with Crippen molar-refractivity contribution in [1.82, 2.24) is 10.2 Å². The first kappa shape index (κ1) is 19.5. The maximum Gasteiger partial charge on any atom is 0.422 e. The first-order chi connectivity index (χ1) is 9.31. The van der Waals surface area contributed by atoms with E-state index in [1.54, 1.807) is 5.32 Å². The summed E-state index contributed by atoms with van der Waals surface area (Å²) in [7, 11) is 0. The average molecular weight is 312 g/mol. The normalized spacial score (nSPS) is 15.0. The second-order valence-corrected chi connectivity index (χ2v) is 6.05. The third kappa shape index (κ3) is 5.43. The number of aliphatic carboxylic acids is 1. The standard InChI is InChI=1S/C13H23F3N2O3/c1-8(2)6-18(7-9(3)4)11(21)17-12(5,10(19)20)13(14,15)16/h8-9H,6-7H2,1-5H3,(H,17,21)(H,19,20). The Balaban J connectivity index is 5.22. The molecule has 1 unspecified atom stereocenters. The molecule has 0 saturated heterocycles. The monoisotopic (exact) mass is 312 g/mol. The van der Waals surface area contributed by atoms with Crippen LogP contribution < -0.4 is 5.32 Å². The third-order valence-corrected chi connectivity index (χ3v) is 2.81. The number of amides is 2. The van der Waals surface area contributed by atoms with Gasteiger partial charge in [0, 0.05) is 13.1 Å². The Kier molecular flexibility index (Phi) is 6.51. The van der Waals surface area contributed by atoms with Crippen LogP contribution in [0.4, 0.5) is 18.0 Å². The van der Waals surface area contributed by atoms with Crippen LogP contribution in [0.25, 0.3) is 0 Å². The predicted octanol–water partition coefficient (Wildman–Crippen LogP) is 2.72. The predicted molar refractivity (Wildman–Crippen MR) is 71.9 cm³/mol. The van der Waals surface area contributed by atoms with E-state index in [1.807, 2.05) is 27.7 Å². The highest BCUT2D eigenvalue weighted by molar-refractivity contribution is 5.86. The van der Waals surface area contributed by atoms with Crippen molar-refractivity contribution in [3.05, 3.63) is 0 Å². The molecule has 0 aliphatic carbocycles.